The van der Waals surface area contributed by atoms with Crippen LogP contribution in [-0.2, 0) is 9.84 Å². The van der Waals surface area contributed by atoms with Gasteiger partial charge in [0.2, 0.25) is 0 Å². The molecule has 4 unspecified atom stereocenters. The molecule has 0 aromatic heterocycles. The maximum absolute atomic E-state index is 12.0. The molecule has 2 aliphatic rings. The molecular formula is C15H30N2O2S2. The Morgan fingerprint density at radius 3 is 2.67 bits per heavy atom. The molecule has 2 fully saturated rings. The molecule has 2 rings (SSSR count). The minimum Gasteiger partial charge on any atom is -0.327 e. The molecular weight excluding hydrogens is 304 g/mol. The first-order valence-corrected chi connectivity index (χ1v) is 11.2. The third-order valence-corrected chi connectivity index (χ3v) is 7.87. The third-order valence-electron chi connectivity index (χ3n) is 5.18. The van der Waals surface area contributed by atoms with Crippen molar-refractivity contribution in [1.82, 2.24) is 4.90 Å². The minimum atomic E-state index is -3.01. The van der Waals surface area contributed by atoms with Crippen molar-refractivity contribution in [2.45, 2.75) is 44.5 Å². The normalized spacial score (nSPS) is 36.0. The van der Waals surface area contributed by atoms with Gasteiger partial charge in [0.05, 0.1) is 0 Å². The zero-order chi connectivity index (χ0) is 15.6. The highest BCUT2D eigenvalue weighted by atomic mass is 32.2. The summed E-state index contributed by atoms with van der Waals surface area (Å²) >= 11 is 1.75. The van der Waals surface area contributed by atoms with Crippen LogP contribution in [0.4, 0.5) is 0 Å². The zero-order valence-corrected chi connectivity index (χ0v) is 15.1. The van der Waals surface area contributed by atoms with E-state index in [1.807, 2.05) is 0 Å². The Balaban J connectivity index is 2.03. The lowest BCUT2D eigenvalue weighted by atomic mass is 9.73. The average molecular weight is 335 g/mol. The van der Waals surface area contributed by atoms with E-state index in [-0.39, 0.29) is 11.4 Å². The van der Waals surface area contributed by atoms with Gasteiger partial charge in [-0.15, -0.1) is 0 Å². The standard InChI is InChI=1S/C15H30N2O2S2/c1-11(2)12-4-5-14(16)13(8-12)9-17-6-7-20-10-15(17)21(3,18)19/h11-15H,4-10,16H2,1-3H3. The van der Waals surface area contributed by atoms with Crippen molar-refractivity contribution in [1.29, 1.82) is 0 Å². The van der Waals surface area contributed by atoms with Crippen LogP contribution in [-0.4, -0.2) is 55.6 Å². The van der Waals surface area contributed by atoms with Crippen LogP contribution in [0.2, 0.25) is 0 Å². The van der Waals surface area contributed by atoms with Crippen LogP contribution >= 0.6 is 11.8 Å². The molecule has 0 aromatic carbocycles. The lowest BCUT2D eigenvalue weighted by Crippen LogP contribution is -2.52. The molecule has 1 aliphatic heterocycles. The Labute approximate surface area is 134 Å². The smallest absolute Gasteiger partial charge is 0.164 e. The molecule has 124 valence electrons. The summed E-state index contributed by atoms with van der Waals surface area (Å²) in [5.74, 6) is 3.61. The first-order valence-electron chi connectivity index (χ1n) is 8.05. The summed E-state index contributed by atoms with van der Waals surface area (Å²) in [6.45, 7) is 6.30. The molecule has 6 heteroatoms. The van der Waals surface area contributed by atoms with Gasteiger partial charge in [-0.2, -0.15) is 11.8 Å². The number of nitrogens with zero attached hydrogens (tertiary/aromatic N) is 1. The average Bonchev–Trinajstić information content (AvgIpc) is 2.40. The summed E-state index contributed by atoms with van der Waals surface area (Å²) in [7, 11) is -3.01. The Morgan fingerprint density at radius 2 is 2.05 bits per heavy atom. The Bertz CT molecular complexity index is 439. The van der Waals surface area contributed by atoms with Gasteiger partial charge in [-0.3, -0.25) is 4.90 Å². The van der Waals surface area contributed by atoms with Gasteiger partial charge in [-0.05, 0) is 37.0 Å². The van der Waals surface area contributed by atoms with Crippen LogP contribution in [0.25, 0.3) is 0 Å². The summed E-state index contributed by atoms with van der Waals surface area (Å²) in [5.41, 5.74) is 6.33. The Kier molecular flexibility index (Phi) is 6.02. The summed E-state index contributed by atoms with van der Waals surface area (Å²) < 4.78 is 24.0. The van der Waals surface area contributed by atoms with Crippen molar-refractivity contribution in [3.63, 3.8) is 0 Å². The largest absolute Gasteiger partial charge is 0.327 e. The molecule has 0 spiro atoms. The molecule has 1 saturated carbocycles. The van der Waals surface area contributed by atoms with Gasteiger partial charge in [-0.1, -0.05) is 13.8 Å². The Hall–Kier alpha value is 0.220. The fourth-order valence-electron chi connectivity index (χ4n) is 3.66. The van der Waals surface area contributed by atoms with E-state index in [1.165, 1.54) is 12.7 Å². The SMILES string of the molecule is CC(C)C1CCC(N)C(CN2CCSCC2S(C)(=O)=O)C1. The van der Waals surface area contributed by atoms with Crippen LogP contribution in [0.3, 0.4) is 0 Å². The monoisotopic (exact) mass is 334 g/mol. The molecule has 4 atom stereocenters. The fraction of sp³-hybridized carbons (Fsp3) is 1.00. The van der Waals surface area contributed by atoms with E-state index in [1.54, 1.807) is 11.8 Å². The molecule has 1 heterocycles. The zero-order valence-electron chi connectivity index (χ0n) is 13.5. The van der Waals surface area contributed by atoms with Crippen molar-refractivity contribution in [3.8, 4) is 0 Å². The van der Waals surface area contributed by atoms with Crippen molar-refractivity contribution >= 4 is 21.6 Å². The molecule has 0 bridgehead atoms. The summed E-state index contributed by atoms with van der Waals surface area (Å²) in [6.07, 6.45) is 4.83. The highest BCUT2D eigenvalue weighted by Gasteiger charge is 2.36. The van der Waals surface area contributed by atoms with Crippen LogP contribution in [0.15, 0.2) is 0 Å². The van der Waals surface area contributed by atoms with Gasteiger partial charge < -0.3 is 5.73 Å². The second kappa shape index (κ2) is 7.20. The molecule has 0 radical (unpaired) electrons. The van der Waals surface area contributed by atoms with E-state index < -0.39 is 9.84 Å². The van der Waals surface area contributed by atoms with Gasteiger partial charge in [0.25, 0.3) is 0 Å². The van der Waals surface area contributed by atoms with Gasteiger partial charge in [-0.25, -0.2) is 8.42 Å². The second-order valence-electron chi connectivity index (χ2n) is 7.10. The predicted molar refractivity (Wildman–Crippen MR) is 91.2 cm³/mol. The van der Waals surface area contributed by atoms with E-state index in [9.17, 15) is 8.42 Å². The van der Waals surface area contributed by atoms with Gasteiger partial charge >= 0.3 is 0 Å². The molecule has 0 amide bonds. The molecule has 1 saturated heterocycles. The van der Waals surface area contributed by atoms with Gasteiger partial charge in [0.1, 0.15) is 5.37 Å². The molecule has 4 nitrogen and oxygen atoms in total. The van der Waals surface area contributed by atoms with Crippen LogP contribution in [0.1, 0.15) is 33.1 Å². The minimum absolute atomic E-state index is 0.231. The van der Waals surface area contributed by atoms with E-state index in [4.69, 9.17) is 5.73 Å². The van der Waals surface area contributed by atoms with Crippen molar-refractivity contribution in [2.24, 2.45) is 23.5 Å². The lowest BCUT2D eigenvalue weighted by molar-refractivity contribution is 0.134. The number of rotatable bonds is 4. The molecule has 2 N–H and O–H groups in total. The van der Waals surface area contributed by atoms with Crippen molar-refractivity contribution < 1.29 is 8.42 Å². The first-order chi connectivity index (χ1) is 9.79. The van der Waals surface area contributed by atoms with E-state index >= 15 is 0 Å². The van der Waals surface area contributed by atoms with Crippen LogP contribution < -0.4 is 5.73 Å². The third kappa shape index (κ3) is 4.60. The summed E-state index contributed by atoms with van der Waals surface area (Å²) in [6, 6.07) is 0.231. The van der Waals surface area contributed by atoms with E-state index in [2.05, 4.69) is 18.7 Å². The number of hydrogen-bond acceptors (Lipinski definition) is 5. The number of sulfone groups is 1. The number of thioether (sulfide) groups is 1. The molecule has 21 heavy (non-hydrogen) atoms. The number of hydrogen-bond donors (Lipinski definition) is 1. The van der Waals surface area contributed by atoms with Gasteiger partial charge in [0, 0.05) is 36.9 Å². The lowest BCUT2D eigenvalue weighted by Gasteiger charge is -2.41. The predicted octanol–water partition coefficient (Wildman–Crippen LogP) is 1.81. The first kappa shape index (κ1) is 17.6. The fourth-order valence-corrected chi connectivity index (χ4v) is 6.61. The quantitative estimate of drug-likeness (QED) is 0.849. The van der Waals surface area contributed by atoms with E-state index in [0.29, 0.717) is 17.6 Å². The van der Waals surface area contributed by atoms with Crippen LogP contribution in [0, 0.1) is 17.8 Å². The summed E-state index contributed by atoms with van der Waals surface area (Å²) in [4.78, 5) is 2.18. The maximum Gasteiger partial charge on any atom is 0.164 e. The van der Waals surface area contributed by atoms with Crippen molar-refractivity contribution in [3.05, 3.63) is 0 Å². The van der Waals surface area contributed by atoms with Crippen LogP contribution in [0.5, 0.6) is 0 Å². The summed E-state index contributed by atoms with van der Waals surface area (Å²) in [5, 5.41) is -0.317. The topological polar surface area (TPSA) is 63.4 Å². The highest BCUT2D eigenvalue weighted by Crippen LogP contribution is 2.34. The van der Waals surface area contributed by atoms with Gasteiger partial charge in [0.15, 0.2) is 9.84 Å². The molecule has 0 aromatic rings. The second-order valence-corrected chi connectivity index (χ2v) is 10.4. The van der Waals surface area contributed by atoms with E-state index in [0.717, 1.165) is 37.6 Å². The van der Waals surface area contributed by atoms with Crippen molar-refractivity contribution in [2.75, 3.05) is 30.9 Å². The Morgan fingerprint density at radius 1 is 1.33 bits per heavy atom. The molecule has 1 aliphatic carbocycles. The highest BCUT2D eigenvalue weighted by molar-refractivity contribution is 8.00. The number of nitrogens with two attached hydrogens (primary N) is 1. The maximum atomic E-state index is 12.0.